The second-order valence-corrected chi connectivity index (χ2v) is 4.38. The third kappa shape index (κ3) is 2.33. The molecule has 5 nitrogen and oxygen atoms in total. The van der Waals surface area contributed by atoms with E-state index in [2.05, 4.69) is 20.3 Å². The van der Waals surface area contributed by atoms with Crippen molar-refractivity contribution in [1.82, 2.24) is 15.0 Å². The number of hydrogen-bond acceptors (Lipinski definition) is 4. The summed E-state index contributed by atoms with van der Waals surface area (Å²) in [7, 11) is 0. The lowest BCUT2D eigenvalue weighted by Gasteiger charge is -2.09. The quantitative estimate of drug-likeness (QED) is 0.550. The summed E-state index contributed by atoms with van der Waals surface area (Å²) in [6.07, 6.45) is 1.71. The van der Waals surface area contributed by atoms with Crippen LogP contribution in [0, 0.1) is 5.41 Å². The fourth-order valence-corrected chi connectivity index (χ4v) is 1.96. The number of amidine groups is 1. The van der Waals surface area contributed by atoms with E-state index < -0.39 is 0 Å². The van der Waals surface area contributed by atoms with Gasteiger partial charge in [0, 0.05) is 11.6 Å². The molecule has 0 fully saturated rings. The molecule has 3 aromatic rings. The molecule has 0 unspecified atom stereocenters. The van der Waals surface area contributed by atoms with E-state index in [1.807, 2.05) is 42.5 Å². The minimum atomic E-state index is 0.334. The summed E-state index contributed by atoms with van der Waals surface area (Å²) < 4.78 is 0. The van der Waals surface area contributed by atoms with E-state index >= 15 is 0 Å². The zero-order valence-electron chi connectivity index (χ0n) is 11.0. The van der Waals surface area contributed by atoms with E-state index in [0.29, 0.717) is 23.2 Å². The Hall–Kier alpha value is -2.82. The molecule has 0 amide bonds. The molecule has 2 aromatic heterocycles. The minimum Gasteiger partial charge on any atom is -0.329 e. The maximum absolute atomic E-state index is 7.59. The molecule has 5 heteroatoms. The lowest BCUT2D eigenvalue weighted by atomic mass is 10.2. The molecule has 98 valence electrons. The van der Waals surface area contributed by atoms with Gasteiger partial charge >= 0.3 is 0 Å². The fourth-order valence-electron chi connectivity index (χ4n) is 1.96. The third-order valence-electron chi connectivity index (χ3n) is 2.80. The Bertz CT molecular complexity index is 768. The van der Waals surface area contributed by atoms with Crippen LogP contribution in [0.1, 0.15) is 6.92 Å². The van der Waals surface area contributed by atoms with E-state index in [1.54, 1.807) is 13.1 Å². The number of nitrogens with one attached hydrogen (secondary N) is 2. The predicted octanol–water partition coefficient (Wildman–Crippen LogP) is 3.10. The van der Waals surface area contributed by atoms with Gasteiger partial charge in [0.25, 0.3) is 0 Å². The van der Waals surface area contributed by atoms with Crippen LogP contribution in [0.4, 0.5) is 5.82 Å². The van der Waals surface area contributed by atoms with E-state index in [-0.39, 0.29) is 0 Å². The van der Waals surface area contributed by atoms with Gasteiger partial charge < -0.3 is 5.32 Å². The number of pyridine rings is 1. The Kier molecular flexibility index (Phi) is 3.09. The van der Waals surface area contributed by atoms with Gasteiger partial charge in [0.05, 0.1) is 11.4 Å². The highest BCUT2D eigenvalue weighted by Gasteiger charge is 2.09. The smallest absolute Gasteiger partial charge is 0.180 e. The molecule has 3 rings (SSSR count). The first-order valence-electron chi connectivity index (χ1n) is 6.24. The summed E-state index contributed by atoms with van der Waals surface area (Å²) in [4.78, 5) is 13.3. The first-order chi connectivity index (χ1) is 9.74. The molecular weight excluding hydrogens is 250 g/mol. The number of anilines is 1. The molecule has 0 spiro atoms. The molecular formula is C15H13N5. The second-order valence-electron chi connectivity index (χ2n) is 4.38. The van der Waals surface area contributed by atoms with Crippen molar-refractivity contribution >= 4 is 22.6 Å². The van der Waals surface area contributed by atoms with Crippen LogP contribution >= 0.6 is 0 Å². The summed E-state index contributed by atoms with van der Waals surface area (Å²) in [6, 6.07) is 13.3. The van der Waals surface area contributed by atoms with Crippen LogP contribution in [-0.4, -0.2) is 20.8 Å². The highest BCUT2D eigenvalue weighted by Crippen LogP contribution is 2.23. The van der Waals surface area contributed by atoms with Crippen molar-refractivity contribution in [3.8, 4) is 11.5 Å². The molecule has 0 aliphatic carbocycles. The molecule has 0 aliphatic heterocycles. The van der Waals surface area contributed by atoms with Gasteiger partial charge in [0.1, 0.15) is 11.5 Å². The minimum absolute atomic E-state index is 0.334. The highest BCUT2D eigenvalue weighted by molar-refractivity contribution is 5.99. The number of nitrogens with zero attached hydrogens (tertiary/aromatic N) is 3. The zero-order valence-corrected chi connectivity index (χ0v) is 11.0. The molecule has 0 saturated heterocycles. The fraction of sp³-hybridized carbons (Fsp3) is 0.0667. The van der Waals surface area contributed by atoms with Crippen LogP contribution in [0.3, 0.4) is 0 Å². The predicted molar refractivity (Wildman–Crippen MR) is 79.8 cm³/mol. The van der Waals surface area contributed by atoms with Gasteiger partial charge in [0.15, 0.2) is 5.82 Å². The summed E-state index contributed by atoms with van der Waals surface area (Å²) in [5.74, 6) is 1.51. The van der Waals surface area contributed by atoms with E-state index in [9.17, 15) is 0 Å². The van der Waals surface area contributed by atoms with Crippen molar-refractivity contribution in [2.45, 2.75) is 6.92 Å². The summed E-state index contributed by atoms with van der Waals surface area (Å²) in [5.41, 5.74) is 1.54. The number of aromatic nitrogens is 3. The highest BCUT2D eigenvalue weighted by atomic mass is 15.1. The summed E-state index contributed by atoms with van der Waals surface area (Å²) >= 11 is 0. The molecule has 2 N–H and O–H groups in total. The van der Waals surface area contributed by atoms with Crippen LogP contribution < -0.4 is 5.32 Å². The maximum Gasteiger partial charge on any atom is 0.180 e. The zero-order chi connectivity index (χ0) is 13.9. The third-order valence-corrected chi connectivity index (χ3v) is 2.80. The Morgan fingerprint density at radius 2 is 1.85 bits per heavy atom. The summed E-state index contributed by atoms with van der Waals surface area (Å²) in [6.45, 7) is 1.68. The van der Waals surface area contributed by atoms with Crippen molar-refractivity contribution < 1.29 is 0 Å². The average Bonchev–Trinajstić information content (AvgIpc) is 2.47. The van der Waals surface area contributed by atoms with Gasteiger partial charge in [-0.15, -0.1) is 0 Å². The largest absolute Gasteiger partial charge is 0.329 e. The first-order valence-corrected chi connectivity index (χ1v) is 6.24. The van der Waals surface area contributed by atoms with Gasteiger partial charge in [-0.05, 0) is 31.2 Å². The van der Waals surface area contributed by atoms with Gasteiger partial charge in [0.2, 0.25) is 0 Å². The van der Waals surface area contributed by atoms with Crippen molar-refractivity contribution in [1.29, 1.82) is 5.41 Å². The molecule has 0 radical (unpaired) electrons. The Morgan fingerprint density at radius 1 is 1.05 bits per heavy atom. The first kappa shape index (κ1) is 12.2. The number of hydrogen-bond donors (Lipinski definition) is 2. The molecule has 20 heavy (non-hydrogen) atoms. The number of fused-ring (bicyclic) bond motifs is 1. The lowest BCUT2D eigenvalue weighted by Crippen LogP contribution is -2.08. The SMILES string of the molecule is CC(=N)Nc1nc(-c2ccccn2)nc2ccccc12. The van der Waals surface area contributed by atoms with Gasteiger partial charge in [-0.1, -0.05) is 18.2 Å². The van der Waals surface area contributed by atoms with Crippen molar-refractivity contribution in [2.75, 3.05) is 5.32 Å². The van der Waals surface area contributed by atoms with Gasteiger partial charge in [-0.2, -0.15) is 0 Å². The standard InChI is InChI=1S/C15H13N5/c1-10(16)18-14-11-6-2-3-7-12(11)19-15(20-14)13-8-4-5-9-17-13/h2-9H,1H3,(H2,16,18,19,20). The monoisotopic (exact) mass is 263 g/mol. The molecule has 0 aliphatic rings. The molecule has 0 saturated carbocycles. The molecule has 0 atom stereocenters. The van der Waals surface area contributed by atoms with Gasteiger partial charge in [-0.25, -0.2) is 9.97 Å². The van der Waals surface area contributed by atoms with Crippen LogP contribution in [0.15, 0.2) is 48.7 Å². The van der Waals surface area contributed by atoms with Gasteiger partial charge in [-0.3, -0.25) is 10.4 Å². The van der Waals surface area contributed by atoms with E-state index in [0.717, 1.165) is 10.9 Å². The van der Waals surface area contributed by atoms with Crippen molar-refractivity contribution in [3.63, 3.8) is 0 Å². The number of para-hydroxylation sites is 1. The van der Waals surface area contributed by atoms with Crippen LogP contribution in [0.2, 0.25) is 0 Å². The van der Waals surface area contributed by atoms with Crippen LogP contribution in [-0.2, 0) is 0 Å². The van der Waals surface area contributed by atoms with E-state index in [1.165, 1.54) is 0 Å². The van der Waals surface area contributed by atoms with Crippen LogP contribution in [0.5, 0.6) is 0 Å². The van der Waals surface area contributed by atoms with Crippen molar-refractivity contribution in [2.24, 2.45) is 0 Å². The maximum atomic E-state index is 7.59. The van der Waals surface area contributed by atoms with Crippen LogP contribution in [0.25, 0.3) is 22.4 Å². The lowest BCUT2D eigenvalue weighted by molar-refractivity contribution is 1.18. The Balaban J connectivity index is 2.22. The Morgan fingerprint density at radius 3 is 2.60 bits per heavy atom. The normalized spacial score (nSPS) is 10.4. The average molecular weight is 263 g/mol. The molecule has 0 bridgehead atoms. The number of benzene rings is 1. The Labute approximate surface area is 116 Å². The van der Waals surface area contributed by atoms with E-state index in [4.69, 9.17) is 5.41 Å². The second kappa shape index (κ2) is 5.05. The topological polar surface area (TPSA) is 74.6 Å². The van der Waals surface area contributed by atoms with Crippen molar-refractivity contribution in [3.05, 3.63) is 48.7 Å². The number of rotatable bonds is 2. The molecule has 1 aromatic carbocycles. The summed E-state index contributed by atoms with van der Waals surface area (Å²) in [5, 5.41) is 11.4. The molecule has 2 heterocycles.